The van der Waals surface area contributed by atoms with E-state index < -0.39 is 0 Å². The van der Waals surface area contributed by atoms with Crippen molar-refractivity contribution in [3.63, 3.8) is 0 Å². The quantitative estimate of drug-likeness (QED) is 0.731. The Bertz CT molecular complexity index is 271. The Morgan fingerprint density at radius 3 is 2.92 bits per heavy atom. The zero-order valence-corrected chi connectivity index (χ0v) is 7.82. The highest BCUT2D eigenvalue weighted by atomic mass is 16.2. The van der Waals surface area contributed by atoms with Gasteiger partial charge in [0.25, 0.3) is 0 Å². The number of nitrogens with zero attached hydrogens (tertiary/aromatic N) is 2. The number of rotatable bonds is 2. The third-order valence-electron chi connectivity index (χ3n) is 1.57. The van der Waals surface area contributed by atoms with Gasteiger partial charge >= 0.3 is 6.03 Å². The van der Waals surface area contributed by atoms with Gasteiger partial charge in [0.15, 0.2) is 0 Å². The van der Waals surface area contributed by atoms with Gasteiger partial charge in [0, 0.05) is 33.0 Å². The highest BCUT2D eigenvalue weighted by molar-refractivity contribution is 5.73. The molecule has 0 aromatic carbocycles. The summed E-state index contributed by atoms with van der Waals surface area (Å²) >= 11 is 0. The predicted octanol–water partition coefficient (Wildman–Crippen LogP) is 0.853. The van der Waals surface area contributed by atoms with Crippen LogP contribution < -0.4 is 5.32 Å². The average Bonchev–Trinajstić information content (AvgIpc) is 2.15. The standard InChI is InChI=1S/C9H13N3O/c1-12(2)9(13)11-7-8-4-3-5-10-6-8/h3-6H,7H2,1-2H3,(H,11,13). The number of nitrogens with one attached hydrogen (secondary N) is 1. The van der Waals surface area contributed by atoms with Crippen molar-refractivity contribution in [3.8, 4) is 0 Å². The molecule has 13 heavy (non-hydrogen) atoms. The Morgan fingerprint density at radius 1 is 1.62 bits per heavy atom. The second kappa shape index (κ2) is 4.45. The molecule has 1 aromatic heterocycles. The molecule has 0 bridgehead atoms. The number of pyridine rings is 1. The summed E-state index contributed by atoms with van der Waals surface area (Å²) in [6.07, 6.45) is 3.44. The fraction of sp³-hybridized carbons (Fsp3) is 0.333. The van der Waals surface area contributed by atoms with Crippen LogP contribution >= 0.6 is 0 Å². The number of hydrogen-bond acceptors (Lipinski definition) is 2. The molecule has 0 aliphatic heterocycles. The molecule has 2 amide bonds. The van der Waals surface area contributed by atoms with E-state index >= 15 is 0 Å². The first-order valence-corrected chi connectivity index (χ1v) is 4.04. The van der Waals surface area contributed by atoms with Gasteiger partial charge in [-0.2, -0.15) is 0 Å². The van der Waals surface area contributed by atoms with Gasteiger partial charge in [0.1, 0.15) is 0 Å². The molecule has 0 saturated heterocycles. The molecule has 70 valence electrons. The molecule has 0 aliphatic carbocycles. The largest absolute Gasteiger partial charge is 0.334 e. The molecule has 4 heteroatoms. The lowest BCUT2D eigenvalue weighted by atomic mass is 10.3. The van der Waals surface area contributed by atoms with Crippen LogP contribution in [-0.2, 0) is 6.54 Å². The zero-order valence-electron chi connectivity index (χ0n) is 7.82. The molecular formula is C9H13N3O. The van der Waals surface area contributed by atoms with Crippen molar-refractivity contribution < 1.29 is 4.79 Å². The maximum absolute atomic E-state index is 11.1. The van der Waals surface area contributed by atoms with E-state index in [0.717, 1.165) is 5.56 Å². The van der Waals surface area contributed by atoms with Gasteiger partial charge in [-0.3, -0.25) is 4.98 Å². The zero-order chi connectivity index (χ0) is 9.68. The lowest BCUT2D eigenvalue weighted by molar-refractivity contribution is 0.217. The molecule has 1 aromatic rings. The topological polar surface area (TPSA) is 45.2 Å². The van der Waals surface area contributed by atoms with Crippen molar-refractivity contribution >= 4 is 6.03 Å². The van der Waals surface area contributed by atoms with Crippen molar-refractivity contribution in [2.75, 3.05) is 14.1 Å². The molecule has 0 atom stereocenters. The fourth-order valence-electron chi connectivity index (χ4n) is 0.838. The van der Waals surface area contributed by atoms with E-state index in [0.29, 0.717) is 6.54 Å². The summed E-state index contributed by atoms with van der Waals surface area (Å²) < 4.78 is 0. The molecule has 0 unspecified atom stereocenters. The molecule has 0 fully saturated rings. The number of carbonyl (C=O) groups excluding carboxylic acids is 1. The van der Waals surface area contributed by atoms with Gasteiger partial charge in [0.2, 0.25) is 0 Å². The van der Waals surface area contributed by atoms with Gasteiger partial charge in [-0.1, -0.05) is 6.07 Å². The van der Waals surface area contributed by atoms with E-state index in [1.807, 2.05) is 12.1 Å². The van der Waals surface area contributed by atoms with E-state index in [9.17, 15) is 4.79 Å². The maximum Gasteiger partial charge on any atom is 0.317 e. The number of hydrogen-bond donors (Lipinski definition) is 1. The molecular weight excluding hydrogens is 166 g/mol. The van der Waals surface area contributed by atoms with Crippen LogP contribution in [0, 0.1) is 0 Å². The van der Waals surface area contributed by atoms with Crippen molar-refractivity contribution in [2.24, 2.45) is 0 Å². The van der Waals surface area contributed by atoms with E-state index in [-0.39, 0.29) is 6.03 Å². The summed E-state index contributed by atoms with van der Waals surface area (Å²) in [6.45, 7) is 0.519. The van der Waals surface area contributed by atoms with E-state index in [1.54, 1.807) is 26.5 Å². The summed E-state index contributed by atoms with van der Waals surface area (Å²) in [6, 6.07) is 3.67. The van der Waals surface area contributed by atoms with Gasteiger partial charge < -0.3 is 10.2 Å². The lowest BCUT2D eigenvalue weighted by Gasteiger charge is -2.11. The minimum atomic E-state index is -0.0937. The van der Waals surface area contributed by atoms with E-state index in [4.69, 9.17) is 0 Å². The fourth-order valence-corrected chi connectivity index (χ4v) is 0.838. The number of carbonyl (C=O) groups is 1. The predicted molar refractivity (Wildman–Crippen MR) is 50.2 cm³/mol. The first-order chi connectivity index (χ1) is 6.20. The molecule has 0 saturated carbocycles. The molecule has 1 rings (SSSR count). The van der Waals surface area contributed by atoms with Crippen LogP contribution in [0.2, 0.25) is 0 Å². The van der Waals surface area contributed by atoms with Gasteiger partial charge in [-0.25, -0.2) is 4.79 Å². The summed E-state index contributed by atoms with van der Waals surface area (Å²) in [7, 11) is 3.41. The Morgan fingerprint density at radius 2 is 2.38 bits per heavy atom. The van der Waals surface area contributed by atoms with Crippen LogP contribution in [0.4, 0.5) is 4.79 Å². The van der Waals surface area contributed by atoms with Crippen LogP contribution in [0.15, 0.2) is 24.5 Å². The third-order valence-corrected chi connectivity index (χ3v) is 1.57. The minimum absolute atomic E-state index is 0.0937. The van der Waals surface area contributed by atoms with Gasteiger partial charge in [-0.05, 0) is 11.6 Å². The van der Waals surface area contributed by atoms with Crippen LogP contribution in [0.3, 0.4) is 0 Å². The average molecular weight is 179 g/mol. The highest BCUT2D eigenvalue weighted by Gasteiger charge is 2.01. The van der Waals surface area contributed by atoms with Crippen LogP contribution in [0.1, 0.15) is 5.56 Å². The van der Waals surface area contributed by atoms with Gasteiger partial charge in [0.05, 0.1) is 0 Å². The monoisotopic (exact) mass is 179 g/mol. The Kier molecular flexibility index (Phi) is 3.25. The van der Waals surface area contributed by atoms with Crippen LogP contribution in [0.25, 0.3) is 0 Å². The van der Waals surface area contributed by atoms with Crippen molar-refractivity contribution in [3.05, 3.63) is 30.1 Å². The Hall–Kier alpha value is -1.58. The van der Waals surface area contributed by atoms with Crippen molar-refractivity contribution in [1.29, 1.82) is 0 Å². The SMILES string of the molecule is CN(C)C(=O)NCc1cccnc1. The van der Waals surface area contributed by atoms with E-state index in [1.165, 1.54) is 4.90 Å². The van der Waals surface area contributed by atoms with Gasteiger partial charge in [-0.15, -0.1) is 0 Å². The Balaban J connectivity index is 2.40. The summed E-state index contributed by atoms with van der Waals surface area (Å²) in [4.78, 5) is 16.5. The first kappa shape index (κ1) is 9.51. The molecule has 0 aliphatic rings. The highest BCUT2D eigenvalue weighted by Crippen LogP contribution is 1.94. The van der Waals surface area contributed by atoms with Crippen LogP contribution in [-0.4, -0.2) is 30.0 Å². The van der Waals surface area contributed by atoms with Crippen molar-refractivity contribution in [1.82, 2.24) is 15.2 Å². The molecule has 0 spiro atoms. The van der Waals surface area contributed by atoms with Crippen LogP contribution in [0.5, 0.6) is 0 Å². The second-order valence-electron chi connectivity index (χ2n) is 2.91. The number of amides is 2. The third kappa shape index (κ3) is 3.11. The lowest BCUT2D eigenvalue weighted by Crippen LogP contribution is -2.33. The van der Waals surface area contributed by atoms with E-state index in [2.05, 4.69) is 10.3 Å². The first-order valence-electron chi connectivity index (χ1n) is 4.04. The molecule has 1 heterocycles. The number of aromatic nitrogens is 1. The van der Waals surface area contributed by atoms with Crippen molar-refractivity contribution in [2.45, 2.75) is 6.54 Å². The summed E-state index contributed by atoms with van der Waals surface area (Å²) in [5, 5.41) is 2.75. The Labute approximate surface area is 77.6 Å². The minimum Gasteiger partial charge on any atom is -0.334 e. The number of urea groups is 1. The second-order valence-corrected chi connectivity index (χ2v) is 2.91. The molecule has 1 N–H and O–H groups in total. The molecule has 0 radical (unpaired) electrons. The summed E-state index contributed by atoms with van der Waals surface area (Å²) in [5.41, 5.74) is 0.998. The normalized spacial score (nSPS) is 9.38. The molecule has 4 nitrogen and oxygen atoms in total. The summed E-state index contributed by atoms with van der Waals surface area (Å²) in [5.74, 6) is 0. The maximum atomic E-state index is 11.1. The smallest absolute Gasteiger partial charge is 0.317 e.